The topological polar surface area (TPSA) is 117 Å². The molecule has 0 aliphatic rings. The van der Waals surface area contributed by atoms with Crippen molar-refractivity contribution in [1.29, 1.82) is 0 Å². The fraction of sp³-hybridized carbons (Fsp3) is 0.600. The van der Waals surface area contributed by atoms with Gasteiger partial charge in [-0.3, -0.25) is 0 Å². The van der Waals surface area contributed by atoms with Crippen molar-refractivity contribution >= 4 is 12.0 Å². The van der Waals surface area contributed by atoms with Crippen molar-refractivity contribution in [2.75, 3.05) is 0 Å². The van der Waals surface area contributed by atoms with Gasteiger partial charge < -0.3 is 20.3 Å². The highest BCUT2D eigenvalue weighted by molar-refractivity contribution is 5.82. The molecule has 0 fully saturated rings. The molecule has 3 N–H and O–H groups in total. The van der Waals surface area contributed by atoms with Gasteiger partial charge in [-0.15, -0.1) is 0 Å². The smallest absolute Gasteiger partial charge is 0.326 e. The molecule has 8 nitrogen and oxygen atoms in total. The van der Waals surface area contributed by atoms with Crippen molar-refractivity contribution < 1.29 is 19.2 Å². The minimum Gasteiger partial charge on any atom is -0.480 e. The quantitative estimate of drug-likeness (QED) is 0.679. The molecule has 1 aromatic heterocycles. The molecular formula is C10H16N4O4. The lowest BCUT2D eigenvalue weighted by Gasteiger charge is -2.13. The number of hydrogen-bond donors (Lipinski definition) is 3. The van der Waals surface area contributed by atoms with Crippen LogP contribution in [0.1, 0.15) is 31.5 Å². The van der Waals surface area contributed by atoms with Gasteiger partial charge in [-0.05, 0) is 6.42 Å². The molecule has 2 amide bonds. The van der Waals surface area contributed by atoms with E-state index in [2.05, 4.69) is 20.8 Å². The minimum atomic E-state index is -1.05. The maximum atomic E-state index is 11.4. The van der Waals surface area contributed by atoms with Crippen LogP contribution in [0.25, 0.3) is 0 Å². The van der Waals surface area contributed by atoms with Gasteiger partial charge in [0.1, 0.15) is 6.04 Å². The van der Waals surface area contributed by atoms with E-state index in [1.807, 2.05) is 6.92 Å². The minimum absolute atomic E-state index is 0.0850. The van der Waals surface area contributed by atoms with Crippen molar-refractivity contribution in [2.24, 2.45) is 0 Å². The second-order valence-corrected chi connectivity index (χ2v) is 3.74. The number of carbonyl (C=O) groups is 2. The highest BCUT2D eigenvalue weighted by Gasteiger charge is 2.18. The molecular weight excluding hydrogens is 240 g/mol. The molecule has 0 aliphatic carbocycles. The number of carbonyl (C=O) groups excluding carboxylic acids is 1. The first kappa shape index (κ1) is 13.9. The fourth-order valence-corrected chi connectivity index (χ4v) is 1.33. The highest BCUT2D eigenvalue weighted by Crippen LogP contribution is 1.97. The second-order valence-electron chi connectivity index (χ2n) is 3.74. The summed E-state index contributed by atoms with van der Waals surface area (Å²) < 4.78 is 4.73. The van der Waals surface area contributed by atoms with Crippen LogP contribution in [0.2, 0.25) is 0 Å². The van der Waals surface area contributed by atoms with E-state index in [9.17, 15) is 9.59 Å². The van der Waals surface area contributed by atoms with Crippen molar-refractivity contribution in [3.05, 3.63) is 11.7 Å². The summed E-state index contributed by atoms with van der Waals surface area (Å²) >= 11 is 0. The summed E-state index contributed by atoms with van der Waals surface area (Å²) in [5, 5.41) is 17.3. The van der Waals surface area contributed by atoms with Crippen molar-refractivity contribution in [2.45, 2.75) is 39.3 Å². The Hall–Kier alpha value is -2.12. The number of amides is 2. The number of nitrogens with one attached hydrogen (secondary N) is 2. The van der Waals surface area contributed by atoms with Crippen LogP contribution in [0.5, 0.6) is 0 Å². The van der Waals surface area contributed by atoms with E-state index < -0.39 is 18.0 Å². The summed E-state index contributed by atoms with van der Waals surface area (Å²) in [6.45, 7) is 3.57. The number of nitrogens with zero attached hydrogens (tertiary/aromatic N) is 2. The molecule has 18 heavy (non-hydrogen) atoms. The highest BCUT2D eigenvalue weighted by atomic mass is 16.5. The van der Waals surface area contributed by atoms with Crippen LogP contribution in [0.15, 0.2) is 4.52 Å². The van der Waals surface area contributed by atoms with Gasteiger partial charge in [0.25, 0.3) is 0 Å². The number of hydrogen-bond acceptors (Lipinski definition) is 5. The molecule has 1 heterocycles. The van der Waals surface area contributed by atoms with Gasteiger partial charge >= 0.3 is 12.0 Å². The number of aliphatic carboxylic acids is 1. The molecule has 100 valence electrons. The molecule has 0 aliphatic heterocycles. The zero-order valence-electron chi connectivity index (χ0n) is 10.3. The third-order valence-electron chi connectivity index (χ3n) is 2.16. The Morgan fingerprint density at radius 1 is 1.50 bits per heavy atom. The van der Waals surface area contributed by atoms with Crippen LogP contribution < -0.4 is 10.6 Å². The van der Waals surface area contributed by atoms with E-state index in [1.54, 1.807) is 6.92 Å². The van der Waals surface area contributed by atoms with Gasteiger partial charge in [0, 0.05) is 6.92 Å². The molecule has 1 aromatic rings. The second kappa shape index (κ2) is 6.58. The summed E-state index contributed by atoms with van der Waals surface area (Å²) in [6, 6.07) is -1.46. The largest absolute Gasteiger partial charge is 0.480 e. The van der Waals surface area contributed by atoms with Crippen molar-refractivity contribution in [3.8, 4) is 0 Å². The Kier molecular flexibility index (Phi) is 5.09. The van der Waals surface area contributed by atoms with Crippen LogP contribution in [0.4, 0.5) is 4.79 Å². The predicted molar refractivity (Wildman–Crippen MR) is 60.7 cm³/mol. The van der Waals surface area contributed by atoms with Gasteiger partial charge in [0.05, 0.1) is 6.54 Å². The third kappa shape index (κ3) is 4.40. The summed E-state index contributed by atoms with van der Waals surface area (Å²) in [7, 11) is 0. The Morgan fingerprint density at radius 3 is 2.72 bits per heavy atom. The lowest BCUT2D eigenvalue weighted by atomic mass is 10.2. The Bertz CT molecular complexity index is 418. The molecule has 0 aromatic carbocycles. The van der Waals surface area contributed by atoms with Crippen LogP contribution in [0.3, 0.4) is 0 Å². The number of urea groups is 1. The molecule has 1 rings (SSSR count). The number of carboxylic acid groups (broad SMARTS) is 1. The predicted octanol–water partition coefficient (Wildman–Crippen LogP) is 0.431. The Balaban J connectivity index is 2.38. The van der Waals surface area contributed by atoms with Crippen LogP contribution >= 0.6 is 0 Å². The summed E-state index contributed by atoms with van der Waals surface area (Å²) in [4.78, 5) is 26.2. The molecule has 0 spiro atoms. The molecule has 0 bridgehead atoms. The number of aromatic nitrogens is 2. The van der Waals surface area contributed by atoms with Crippen LogP contribution in [0, 0.1) is 6.92 Å². The van der Waals surface area contributed by atoms with Gasteiger partial charge in [0.15, 0.2) is 5.82 Å². The van der Waals surface area contributed by atoms with Crippen LogP contribution in [-0.2, 0) is 11.3 Å². The van der Waals surface area contributed by atoms with Crippen LogP contribution in [-0.4, -0.2) is 33.3 Å². The summed E-state index contributed by atoms with van der Waals surface area (Å²) in [5.74, 6) is -0.311. The number of rotatable bonds is 6. The first-order valence-electron chi connectivity index (χ1n) is 5.59. The lowest BCUT2D eigenvalue weighted by Crippen LogP contribution is -2.45. The van der Waals surface area contributed by atoms with Gasteiger partial charge in [-0.25, -0.2) is 9.59 Å². The number of aryl methyl sites for hydroxylation is 1. The average Bonchev–Trinajstić information content (AvgIpc) is 2.72. The first-order valence-corrected chi connectivity index (χ1v) is 5.59. The van der Waals surface area contributed by atoms with Gasteiger partial charge in [-0.1, -0.05) is 18.5 Å². The SMILES string of the molecule is CCC[C@H](NC(=O)NCc1noc(C)n1)C(=O)O. The average molecular weight is 256 g/mol. The zero-order valence-corrected chi connectivity index (χ0v) is 10.3. The molecule has 0 unspecified atom stereocenters. The molecule has 0 saturated heterocycles. The van der Waals surface area contributed by atoms with E-state index in [0.29, 0.717) is 24.6 Å². The summed E-state index contributed by atoms with van der Waals surface area (Å²) in [6.07, 6.45) is 1.05. The molecule has 1 atom stereocenters. The van der Waals surface area contributed by atoms with E-state index in [-0.39, 0.29) is 6.54 Å². The van der Waals surface area contributed by atoms with E-state index in [4.69, 9.17) is 9.63 Å². The Labute approximate surface area is 104 Å². The monoisotopic (exact) mass is 256 g/mol. The van der Waals surface area contributed by atoms with E-state index in [1.165, 1.54) is 0 Å². The zero-order chi connectivity index (χ0) is 13.5. The summed E-state index contributed by atoms with van der Waals surface area (Å²) in [5.41, 5.74) is 0. The molecule has 0 radical (unpaired) electrons. The standard InChI is InChI=1S/C10H16N4O4/c1-3-4-7(9(15)16)13-10(17)11-5-8-12-6(2)18-14-8/h7H,3-5H2,1-2H3,(H,15,16)(H2,11,13,17)/t7-/m0/s1. The third-order valence-corrected chi connectivity index (χ3v) is 2.16. The maximum absolute atomic E-state index is 11.4. The Morgan fingerprint density at radius 2 is 2.22 bits per heavy atom. The van der Waals surface area contributed by atoms with E-state index >= 15 is 0 Å². The number of carboxylic acids is 1. The van der Waals surface area contributed by atoms with Gasteiger partial charge in [-0.2, -0.15) is 4.98 Å². The lowest BCUT2D eigenvalue weighted by molar-refractivity contribution is -0.139. The maximum Gasteiger partial charge on any atom is 0.326 e. The van der Waals surface area contributed by atoms with Crippen molar-refractivity contribution in [3.63, 3.8) is 0 Å². The fourth-order valence-electron chi connectivity index (χ4n) is 1.33. The van der Waals surface area contributed by atoms with Crippen molar-refractivity contribution in [1.82, 2.24) is 20.8 Å². The normalized spacial score (nSPS) is 11.9. The van der Waals surface area contributed by atoms with E-state index in [0.717, 1.165) is 0 Å². The van der Waals surface area contributed by atoms with Gasteiger partial charge in [0.2, 0.25) is 5.89 Å². The molecule has 0 saturated carbocycles. The first-order chi connectivity index (χ1) is 8.52. The molecule has 8 heteroatoms.